The van der Waals surface area contributed by atoms with Gasteiger partial charge in [-0.05, 0) is 24.3 Å². The van der Waals surface area contributed by atoms with Gasteiger partial charge in [-0.25, -0.2) is 14.1 Å². The van der Waals surface area contributed by atoms with Gasteiger partial charge in [-0.1, -0.05) is 12.1 Å². The van der Waals surface area contributed by atoms with Gasteiger partial charge in [0, 0.05) is 18.0 Å². The Morgan fingerprint density at radius 3 is 2.33 bits per heavy atom. The number of anilines is 1. The molecular weight excluding hydrogens is 372 g/mol. The Balaban J connectivity index is 2.03. The van der Waals surface area contributed by atoms with E-state index in [-0.39, 0.29) is 10.5 Å². The molecule has 0 saturated carbocycles. The van der Waals surface area contributed by atoms with E-state index >= 15 is 0 Å². The lowest BCUT2D eigenvalue weighted by Gasteiger charge is -2.29. The maximum absolute atomic E-state index is 13.9. The van der Waals surface area contributed by atoms with Crippen molar-refractivity contribution in [2.24, 2.45) is 0 Å². The zero-order valence-electron chi connectivity index (χ0n) is 13.2. The van der Waals surface area contributed by atoms with Gasteiger partial charge in [-0.3, -0.25) is 19.9 Å². The normalized spacial score (nSPS) is 19.8. The molecule has 0 spiro atoms. The molecule has 1 aromatic carbocycles. The molecule has 2 aromatic rings. The first-order valence-corrected chi connectivity index (χ1v) is 7.38. The fourth-order valence-electron chi connectivity index (χ4n) is 2.48. The van der Waals surface area contributed by atoms with Crippen LogP contribution in [0.5, 0.6) is 0 Å². The van der Waals surface area contributed by atoms with Crippen LogP contribution in [0.3, 0.4) is 0 Å². The highest BCUT2D eigenvalue weighted by Crippen LogP contribution is 2.36. The summed E-state index contributed by atoms with van der Waals surface area (Å²) >= 11 is 0. The number of urea groups is 1. The van der Waals surface area contributed by atoms with Gasteiger partial charge in [0.2, 0.25) is 0 Å². The summed E-state index contributed by atoms with van der Waals surface area (Å²) in [6.45, 7) is 0. The number of alkyl halides is 3. The van der Waals surface area contributed by atoms with Crippen molar-refractivity contribution in [2.45, 2.75) is 11.8 Å². The Morgan fingerprint density at radius 2 is 1.74 bits per heavy atom. The second kappa shape index (κ2) is 6.34. The first kappa shape index (κ1) is 18.3. The second-order valence-electron chi connectivity index (χ2n) is 5.46. The summed E-state index contributed by atoms with van der Waals surface area (Å²) in [4.78, 5) is 40.4. The number of nitrogens with one attached hydrogen (secondary N) is 2. The molecule has 2 N–H and O–H groups in total. The van der Waals surface area contributed by atoms with Crippen LogP contribution in [-0.4, -0.2) is 34.7 Å². The highest BCUT2D eigenvalue weighted by molar-refractivity contribution is 6.24. The average Bonchev–Trinajstić information content (AvgIpc) is 2.87. The number of para-hydroxylation sites is 1. The number of hydrogen-bond acceptors (Lipinski definition) is 4. The van der Waals surface area contributed by atoms with Crippen LogP contribution >= 0.6 is 0 Å². The molecule has 1 fully saturated rings. The molecule has 2 heterocycles. The van der Waals surface area contributed by atoms with Crippen molar-refractivity contribution >= 4 is 23.5 Å². The number of hydrogen-bond donors (Lipinski definition) is 2. The highest BCUT2D eigenvalue weighted by Gasteiger charge is 2.69. The van der Waals surface area contributed by atoms with E-state index in [1.165, 1.54) is 22.8 Å². The number of carbonyl (C=O) groups excluding carboxylic acids is 3. The molecule has 0 unspecified atom stereocenters. The largest absolute Gasteiger partial charge is 0.440 e. The van der Waals surface area contributed by atoms with Crippen molar-refractivity contribution in [1.82, 2.24) is 15.6 Å². The summed E-state index contributed by atoms with van der Waals surface area (Å²) in [5.41, 5.74) is -4.64. The summed E-state index contributed by atoms with van der Waals surface area (Å²) < 4.78 is 55.1. The smallest absolute Gasteiger partial charge is 0.314 e. The van der Waals surface area contributed by atoms with Gasteiger partial charge in [0.25, 0.3) is 17.5 Å². The first-order valence-electron chi connectivity index (χ1n) is 7.38. The summed E-state index contributed by atoms with van der Waals surface area (Å²) in [6.07, 6.45) is -3.08. The zero-order chi connectivity index (χ0) is 19.8. The molecule has 140 valence electrons. The molecule has 1 saturated heterocycles. The molecule has 1 aliphatic heterocycles. The quantitative estimate of drug-likeness (QED) is 0.627. The maximum atomic E-state index is 13.9. The van der Waals surface area contributed by atoms with Gasteiger partial charge in [-0.2, -0.15) is 13.2 Å². The lowest BCUT2D eigenvalue weighted by molar-refractivity contribution is -0.197. The van der Waals surface area contributed by atoms with Crippen molar-refractivity contribution in [3.8, 4) is 0 Å². The van der Waals surface area contributed by atoms with E-state index in [0.29, 0.717) is 0 Å². The monoisotopic (exact) mass is 382 g/mol. The third-order valence-electron chi connectivity index (χ3n) is 3.78. The van der Waals surface area contributed by atoms with Gasteiger partial charge < -0.3 is 5.32 Å². The first-order chi connectivity index (χ1) is 12.7. The number of rotatable bonds is 3. The summed E-state index contributed by atoms with van der Waals surface area (Å²) in [7, 11) is 0. The number of imide groups is 1. The van der Waals surface area contributed by atoms with Crippen molar-refractivity contribution in [2.75, 3.05) is 4.90 Å². The lowest BCUT2D eigenvalue weighted by Crippen LogP contribution is -2.69. The number of aromatic nitrogens is 1. The molecule has 11 heteroatoms. The molecule has 1 atom stereocenters. The molecule has 3 rings (SSSR count). The number of nitrogens with zero attached hydrogens (tertiary/aromatic N) is 2. The molecule has 0 aliphatic carbocycles. The maximum Gasteiger partial charge on any atom is 0.440 e. The topological polar surface area (TPSA) is 91.4 Å². The second-order valence-corrected chi connectivity index (χ2v) is 5.46. The van der Waals surface area contributed by atoms with Gasteiger partial charge in [0.15, 0.2) is 0 Å². The minimum absolute atomic E-state index is 0.00431. The van der Waals surface area contributed by atoms with Crippen LogP contribution < -0.4 is 15.5 Å². The molecule has 4 amide bonds. The average molecular weight is 382 g/mol. The van der Waals surface area contributed by atoms with E-state index in [9.17, 15) is 31.9 Å². The van der Waals surface area contributed by atoms with Crippen molar-refractivity contribution in [1.29, 1.82) is 0 Å². The predicted octanol–water partition coefficient (Wildman–Crippen LogP) is 1.97. The Hall–Kier alpha value is -3.50. The Kier molecular flexibility index (Phi) is 4.30. The number of amides is 4. The van der Waals surface area contributed by atoms with Gasteiger partial charge in [-0.15, -0.1) is 0 Å². The Bertz CT molecular complexity index is 919. The molecular formula is C16H10F4N4O3. The van der Waals surface area contributed by atoms with Crippen LogP contribution in [0, 0.1) is 5.82 Å². The van der Waals surface area contributed by atoms with E-state index in [2.05, 4.69) is 4.98 Å². The molecule has 7 nitrogen and oxygen atoms in total. The zero-order valence-corrected chi connectivity index (χ0v) is 13.2. The molecule has 1 aromatic heterocycles. The van der Waals surface area contributed by atoms with Crippen molar-refractivity contribution < 1.29 is 31.9 Å². The van der Waals surface area contributed by atoms with Crippen molar-refractivity contribution in [3.63, 3.8) is 0 Å². The van der Waals surface area contributed by atoms with Gasteiger partial charge >= 0.3 is 12.2 Å². The van der Waals surface area contributed by atoms with Gasteiger partial charge in [0.05, 0.1) is 5.69 Å². The van der Waals surface area contributed by atoms with Crippen LogP contribution in [0.4, 0.5) is 28.0 Å². The SMILES string of the molecule is O=C(N[C@@]1(C(F)(F)F)NC(=O)N(c2ccccc2F)C1=O)c1ccncc1. The Morgan fingerprint density at radius 1 is 1.11 bits per heavy atom. The number of halogens is 4. The van der Waals surface area contributed by atoms with E-state index in [4.69, 9.17) is 0 Å². The minimum atomic E-state index is -5.40. The fraction of sp³-hybridized carbons (Fsp3) is 0.125. The third kappa shape index (κ3) is 2.96. The Labute approximate surface area is 149 Å². The van der Waals surface area contributed by atoms with Crippen LogP contribution in [0.2, 0.25) is 0 Å². The number of benzene rings is 1. The molecule has 0 radical (unpaired) electrons. The lowest BCUT2D eigenvalue weighted by atomic mass is 10.1. The van der Waals surface area contributed by atoms with E-state index in [0.717, 1.165) is 36.7 Å². The number of carbonyl (C=O) groups is 3. The number of pyridine rings is 1. The summed E-state index contributed by atoms with van der Waals surface area (Å²) in [6, 6.07) is 5.02. The summed E-state index contributed by atoms with van der Waals surface area (Å²) in [5.74, 6) is -4.24. The standard InChI is InChI=1S/C16H10F4N4O3/c17-10-3-1-2-4-11(10)24-13(26)15(16(18,19)20,23-14(24)27)22-12(25)9-5-7-21-8-6-9/h1-8H,(H,22,25)(H,23,27)/t15-/m1/s1. The summed E-state index contributed by atoms with van der Waals surface area (Å²) in [5, 5.41) is 2.94. The third-order valence-corrected chi connectivity index (χ3v) is 3.78. The van der Waals surface area contributed by atoms with Crippen LogP contribution in [-0.2, 0) is 4.79 Å². The molecule has 0 bridgehead atoms. The minimum Gasteiger partial charge on any atom is -0.314 e. The van der Waals surface area contributed by atoms with Crippen LogP contribution in [0.15, 0.2) is 48.8 Å². The molecule has 1 aliphatic rings. The van der Waals surface area contributed by atoms with Gasteiger partial charge in [0.1, 0.15) is 5.82 Å². The fourth-order valence-corrected chi connectivity index (χ4v) is 2.48. The highest BCUT2D eigenvalue weighted by atomic mass is 19.4. The van der Waals surface area contributed by atoms with Crippen LogP contribution in [0.1, 0.15) is 10.4 Å². The predicted molar refractivity (Wildman–Crippen MR) is 82.9 cm³/mol. The van der Waals surface area contributed by atoms with E-state index < -0.39 is 41.2 Å². The van der Waals surface area contributed by atoms with E-state index in [1.54, 1.807) is 0 Å². The van der Waals surface area contributed by atoms with Crippen molar-refractivity contribution in [3.05, 3.63) is 60.2 Å². The van der Waals surface area contributed by atoms with Crippen LogP contribution in [0.25, 0.3) is 0 Å². The van der Waals surface area contributed by atoms with E-state index in [1.807, 2.05) is 0 Å². The molecule has 27 heavy (non-hydrogen) atoms.